The second kappa shape index (κ2) is 11.7. The van der Waals surface area contributed by atoms with E-state index in [4.69, 9.17) is 14.5 Å². The minimum atomic E-state index is -0.190. The van der Waals surface area contributed by atoms with E-state index in [0.29, 0.717) is 26.3 Å². The summed E-state index contributed by atoms with van der Waals surface area (Å²) in [5, 5.41) is 16.1. The first-order chi connectivity index (χ1) is 12.5. The minimum absolute atomic E-state index is 0. The highest BCUT2D eigenvalue weighted by Crippen LogP contribution is 2.26. The number of guanidine groups is 1. The van der Waals surface area contributed by atoms with Crippen molar-refractivity contribution in [3.05, 3.63) is 29.3 Å². The zero-order valence-electron chi connectivity index (χ0n) is 16.9. The number of rotatable bonds is 9. The summed E-state index contributed by atoms with van der Waals surface area (Å²) in [6.07, 6.45) is 1.14. The molecule has 1 heterocycles. The molecule has 1 aliphatic rings. The summed E-state index contributed by atoms with van der Waals surface area (Å²) in [6.45, 7) is 11.5. The number of nitrogens with zero attached hydrogens (tertiary/aromatic N) is 1. The molecule has 2 rings (SSSR count). The van der Waals surface area contributed by atoms with E-state index in [1.165, 1.54) is 5.56 Å². The second-order valence-corrected chi connectivity index (χ2v) is 7.15. The van der Waals surface area contributed by atoms with E-state index >= 15 is 0 Å². The Hall–Kier alpha value is -1.06. The van der Waals surface area contributed by atoms with Crippen LogP contribution in [-0.4, -0.2) is 50.1 Å². The molecule has 1 aromatic carbocycles. The minimum Gasteiger partial charge on any atom is -0.490 e. The van der Waals surface area contributed by atoms with Crippen molar-refractivity contribution < 1.29 is 14.6 Å². The van der Waals surface area contributed by atoms with Gasteiger partial charge in [-0.3, -0.25) is 0 Å². The smallest absolute Gasteiger partial charge is 0.191 e. The van der Waals surface area contributed by atoms with Gasteiger partial charge in [-0.1, -0.05) is 19.1 Å². The van der Waals surface area contributed by atoms with Crippen LogP contribution in [0, 0.1) is 12.3 Å². The Morgan fingerprint density at radius 1 is 1.33 bits per heavy atom. The highest BCUT2D eigenvalue weighted by atomic mass is 127. The van der Waals surface area contributed by atoms with E-state index in [-0.39, 0.29) is 42.1 Å². The molecule has 1 aliphatic heterocycles. The van der Waals surface area contributed by atoms with Crippen LogP contribution < -0.4 is 15.4 Å². The van der Waals surface area contributed by atoms with Gasteiger partial charge < -0.3 is 25.2 Å². The Labute approximate surface area is 180 Å². The molecule has 1 aromatic rings. The third kappa shape index (κ3) is 7.12. The van der Waals surface area contributed by atoms with Crippen molar-refractivity contribution in [1.82, 2.24) is 10.6 Å². The van der Waals surface area contributed by atoms with Crippen LogP contribution in [0.3, 0.4) is 0 Å². The van der Waals surface area contributed by atoms with E-state index in [1.807, 2.05) is 6.92 Å². The molecule has 0 spiro atoms. The van der Waals surface area contributed by atoms with Crippen molar-refractivity contribution in [2.45, 2.75) is 46.8 Å². The fourth-order valence-electron chi connectivity index (χ4n) is 2.62. The van der Waals surface area contributed by atoms with Gasteiger partial charge in [0.2, 0.25) is 0 Å². The molecule has 154 valence electrons. The highest BCUT2D eigenvalue weighted by molar-refractivity contribution is 14.0. The van der Waals surface area contributed by atoms with Gasteiger partial charge in [0.1, 0.15) is 5.75 Å². The first kappa shape index (κ1) is 24.0. The Balaban J connectivity index is 0.00000364. The van der Waals surface area contributed by atoms with E-state index in [2.05, 4.69) is 49.6 Å². The normalized spacial score (nSPS) is 16.7. The standard InChI is InChI=1S/C20H33N3O3.HI/c1-5-16(4)26-18-9-15(3)7-8-17(18)10-22-19(21-6-2)23-11-20(12-24)13-25-14-20;/h7-9,16,24H,5-6,10-14H2,1-4H3,(H2,21,22,23);1H. The van der Waals surface area contributed by atoms with Gasteiger partial charge in [-0.15, -0.1) is 24.0 Å². The average molecular weight is 491 g/mol. The van der Waals surface area contributed by atoms with E-state index < -0.39 is 0 Å². The summed E-state index contributed by atoms with van der Waals surface area (Å²) in [6, 6.07) is 6.24. The third-order valence-electron chi connectivity index (χ3n) is 4.66. The molecule has 7 heteroatoms. The van der Waals surface area contributed by atoms with Gasteiger partial charge in [0.25, 0.3) is 0 Å². The van der Waals surface area contributed by atoms with Crippen LogP contribution in [0.4, 0.5) is 0 Å². The number of aliphatic hydroxyl groups excluding tert-OH is 1. The molecule has 0 bridgehead atoms. The van der Waals surface area contributed by atoms with Gasteiger partial charge >= 0.3 is 0 Å². The van der Waals surface area contributed by atoms with Crippen LogP contribution in [0.25, 0.3) is 0 Å². The van der Waals surface area contributed by atoms with Crippen LogP contribution in [-0.2, 0) is 11.3 Å². The van der Waals surface area contributed by atoms with Crippen molar-refractivity contribution in [3.8, 4) is 5.75 Å². The van der Waals surface area contributed by atoms with Crippen LogP contribution in [0.15, 0.2) is 23.2 Å². The molecular weight excluding hydrogens is 457 g/mol. The molecule has 27 heavy (non-hydrogen) atoms. The number of nitrogens with one attached hydrogen (secondary N) is 2. The van der Waals surface area contributed by atoms with E-state index in [0.717, 1.165) is 30.2 Å². The molecular formula is C20H34IN3O3. The molecule has 1 saturated heterocycles. The van der Waals surface area contributed by atoms with Crippen molar-refractivity contribution in [2.24, 2.45) is 10.4 Å². The third-order valence-corrected chi connectivity index (χ3v) is 4.66. The first-order valence-electron chi connectivity index (χ1n) is 9.49. The van der Waals surface area contributed by atoms with Crippen molar-refractivity contribution in [3.63, 3.8) is 0 Å². The lowest BCUT2D eigenvalue weighted by Gasteiger charge is -2.40. The lowest BCUT2D eigenvalue weighted by Crippen LogP contribution is -2.54. The summed E-state index contributed by atoms with van der Waals surface area (Å²) in [5.74, 6) is 1.64. The van der Waals surface area contributed by atoms with Gasteiger partial charge in [0.15, 0.2) is 5.96 Å². The number of benzene rings is 1. The number of ether oxygens (including phenoxy) is 2. The zero-order chi connectivity index (χ0) is 19.0. The molecule has 1 unspecified atom stereocenters. The fraction of sp³-hybridized carbons (Fsp3) is 0.650. The topological polar surface area (TPSA) is 75.1 Å². The summed E-state index contributed by atoms with van der Waals surface area (Å²) in [7, 11) is 0. The van der Waals surface area contributed by atoms with Crippen LogP contribution >= 0.6 is 24.0 Å². The molecule has 1 fully saturated rings. The predicted molar refractivity (Wildman–Crippen MR) is 120 cm³/mol. The SMILES string of the molecule is CCNC(=NCc1ccc(C)cc1OC(C)CC)NCC1(CO)COC1.I. The maximum absolute atomic E-state index is 9.56. The largest absolute Gasteiger partial charge is 0.490 e. The first-order valence-corrected chi connectivity index (χ1v) is 9.49. The number of aryl methyl sites for hydroxylation is 1. The highest BCUT2D eigenvalue weighted by Gasteiger charge is 2.38. The summed E-state index contributed by atoms with van der Waals surface area (Å²) >= 11 is 0. The van der Waals surface area contributed by atoms with Crippen LogP contribution in [0.1, 0.15) is 38.3 Å². The van der Waals surface area contributed by atoms with Gasteiger partial charge in [-0.05, 0) is 38.8 Å². The molecule has 3 N–H and O–H groups in total. The van der Waals surface area contributed by atoms with Crippen molar-refractivity contribution in [1.29, 1.82) is 0 Å². The fourth-order valence-corrected chi connectivity index (χ4v) is 2.62. The van der Waals surface area contributed by atoms with Crippen LogP contribution in [0.5, 0.6) is 5.75 Å². The van der Waals surface area contributed by atoms with Gasteiger partial charge in [0, 0.05) is 18.7 Å². The van der Waals surface area contributed by atoms with Gasteiger partial charge in [-0.25, -0.2) is 4.99 Å². The number of aliphatic imine (C=N–C) groups is 1. The predicted octanol–water partition coefficient (Wildman–Crippen LogP) is 2.85. The Morgan fingerprint density at radius 3 is 2.63 bits per heavy atom. The lowest BCUT2D eigenvalue weighted by molar-refractivity contribution is -0.132. The lowest BCUT2D eigenvalue weighted by atomic mass is 9.87. The second-order valence-electron chi connectivity index (χ2n) is 7.15. The molecule has 0 saturated carbocycles. The summed E-state index contributed by atoms with van der Waals surface area (Å²) in [5.41, 5.74) is 2.05. The summed E-state index contributed by atoms with van der Waals surface area (Å²) < 4.78 is 11.3. The van der Waals surface area contributed by atoms with Crippen molar-refractivity contribution in [2.75, 3.05) is 32.9 Å². The zero-order valence-corrected chi connectivity index (χ0v) is 19.2. The number of aliphatic hydroxyl groups is 1. The number of hydrogen-bond donors (Lipinski definition) is 3. The molecule has 0 radical (unpaired) electrons. The monoisotopic (exact) mass is 491 g/mol. The maximum atomic E-state index is 9.56. The molecule has 0 aromatic heterocycles. The Morgan fingerprint density at radius 2 is 2.07 bits per heavy atom. The molecule has 0 aliphatic carbocycles. The van der Waals surface area contributed by atoms with Crippen LogP contribution in [0.2, 0.25) is 0 Å². The van der Waals surface area contributed by atoms with Crippen molar-refractivity contribution >= 4 is 29.9 Å². The molecule has 0 amide bonds. The Kier molecular flexibility index (Phi) is 10.4. The maximum Gasteiger partial charge on any atom is 0.191 e. The quantitative estimate of drug-likeness (QED) is 0.282. The number of hydrogen-bond acceptors (Lipinski definition) is 4. The van der Waals surface area contributed by atoms with E-state index in [9.17, 15) is 5.11 Å². The van der Waals surface area contributed by atoms with E-state index in [1.54, 1.807) is 0 Å². The Bertz CT molecular complexity index is 601. The molecule has 1 atom stereocenters. The average Bonchev–Trinajstić information content (AvgIpc) is 2.60. The van der Waals surface area contributed by atoms with Gasteiger partial charge in [0.05, 0.1) is 37.9 Å². The van der Waals surface area contributed by atoms with Gasteiger partial charge in [-0.2, -0.15) is 0 Å². The number of halogens is 1. The summed E-state index contributed by atoms with van der Waals surface area (Å²) in [4.78, 5) is 4.69. The molecule has 6 nitrogen and oxygen atoms in total.